The molecule has 0 aliphatic carbocycles. The molecule has 3 heteroatoms. The standard InChI is InChI=1S/C16H13BrO2/c1-10-2-4-11(5-3-10)8-15-16(18)13-9-12(17)6-7-14(13)19-15/h2-9,16,18H,1H3/b15-8+. The monoisotopic (exact) mass is 316 g/mol. The van der Waals surface area contributed by atoms with Crippen LogP contribution in [0, 0.1) is 6.92 Å². The van der Waals surface area contributed by atoms with Gasteiger partial charge in [0, 0.05) is 10.0 Å². The van der Waals surface area contributed by atoms with E-state index in [2.05, 4.69) is 15.9 Å². The Kier molecular flexibility index (Phi) is 3.17. The van der Waals surface area contributed by atoms with Crippen molar-refractivity contribution in [2.24, 2.45) is 0 Å². The van der Waals surface area contributed by atoms with E-state index in [0.29, 0.717) is 11.5 Å². The molecule has 0 amide bonds. The lowest BCUT2D eigenvalue weighted by molar-refractivity contribution is 0.193. The summed E-state index contributed by atoms with van der Waals surface area (Å²) in [4.78, 5) is 0. The molecule has 1 aliphatic heterocycles. The van der Waals surface area contributed by atoms with Crippen LogP contribution in [0.4, 0.5) is 0 Å². The van der Waals surface area contributed by atoms with Crippen LogP contribution in [0.25, 0.3) is 6.08 Å². The summed E-state index contributed by atoms with van der Waals surface area (Å²) in [6.07, 6.45) is 1.17. The van der Waals surface area contributed by atoms with Gasteiger partial charge in [-0.3, -0.25) is 0 Å². The van der Waals surface area contributed by atoms with E-state index >= 15 is 0 Å². The smallest absolute Gasteiger partial charge is 0.140 e. The lowest BCUT2D eigenvalue weighted by atomic mass is 10.1. The second-order valence-electron chi connectivity index (χ2n) is 4.64. The number of halogens is 1. The molecule has 2 aromatic carbocycles. The molecule has 19 heavy (non-hydrogen) atoms. The first-order chi connectivity index (χ1) is 9.13. The van der Waals surface area contributed by atoms with Crippen LogP contribution in [0.2, 0.25) is 0 Å². The number of aryl methyl sites for hydroxylation is 1. The van der Waals surface area contributed by atoms with Crippen LogP contribution in [-0.4, -0.2) is 5.11 Å². The van der Waals surface area contributed by atoms with Crippen molar-refractivity contribution >= 4 is 22.0 Å². The molecule has 0 spiro atoms. The zero-order chi connectivity index (χ0) is 13.4. The van der Waals surface area contributed by atoms with Crippen LogP contribution in [0.3, 0.4) is 0 Å². The Bertz CT molecular complexity index is 644. The fraction of sp³-hybridized carbons (Fsp3) is 0.125. The van der Waals surface area contributed by atoms with Gasteiger partial charge in [0.15, 0.2) is 0 Å². The molecule has 0 bridgehead atoms. The normalized spacial score (nSPS) is 19.3. The number of hydrogen-bond acceptors (Lipinski definition) is 2. The maximum Gasteiger partial charge on any atom is 0.140 e. The first-order valence-corrected chi connectivity index (χ1v) is 6.86. The average Bonchev–Trinajstić information content (AvgIpc) is 2.70. The molecule has 1 heterocycles. The van der Waals surface area contributed by atoms with Crippen molar-refractivity contribution in [2.75, 3.05) is 0 Å². The average molecular weight is 317 g/mol. The van der Waals surface area contributed by atoms with Crippen LogP contribution in [0.5, 0.6) is 5.75 Å². The van der Waals surface area contributed by atoms with E-state index in [1.165, 1.54) is 5.56 Å². The van der Waals surface area contributed by atoms with Gasteiger partial charge in [0.1, 0.15) is 17.6 Å². The van der Waals surface area contributed by atoms with Gasteiger partial charge < -0.3 is 9.84 Å². The second kappa shape index (κ2) is 4.83. The Morgan fingerprint density at radius 1 is 1.16 bits per heavy atom. The molecule has 0 fully saturated rings. The van der Waals surface area contributed by atoms with E-state index in [0.717, 1.165) is 15.6 Å². The lowest BCUT2D eigenvalue weighted by Gasteiger charge is -2.03. The van der Waals surface area contributed by atoms with Gasteiger partial charge >= 0.3 is 0 Å². The largest absolute Gasteiger partial charge is 0.458 e. The summed E-state index contributed by atoms with van der Waals surface area (Å²) in [5, 5.41) is 10.3. The number of aliphatic hydroxyl groups is 1. The number of rotatable bonds is 1. The zero-order valence-electron chi connectivity index (χ0n) is 10.4. The summed E-state index contributed by atoms with van der Waals surface area (Å²) in [5.74, 6) is 1.28. The SMILES string of the molecule is Cc1ccc(/C=C2/Oc3ccc(Br)cc3C2O)cc1. The molecular weight excluding hydrogens is 304 g/mol. The van der Waals surface area contributed by atoms with Crippen LogP contribution in [0.1, 0.15) is 22.8 Å². The highest BCUT2D eigenvalue weighted by Crippen LogP contribution is 2.40. The summed E-state index contributed by atoms with van der Waals surface area (Å²) in [6, 6.07) is 13.7. The molecule has 96 valence electrons. The maximum atomic E-state index is 10.3. The van der Waals surface area contributed by atoms with Crippen LogP contribution < -0.4 is 4.74 Å². The predicted molar refractivity (Wildman–Crippen MR) is 78.9 cm³/mol. The molecule has 1 atom stereocenters. The Morgan fingerprint density at radius 3 is 2.63 bits per heavy atom. The van der Waals surface area contributed by atoms with Gasteiger partial charge in [0.2, 0.25) is 0 Å². The summed E-state index contributed by atoms with van der Waals surface area (Å²) in [5.41, 5.74) is 3.03. The molecular formula is C16H13BrO2. The topological polar surface area (TPSA) is 29.5 Å². The van der Waals surface area contributed by atoms with Crippen molar-refractivity contribution in [2.45, 2.75) is 13.0 Å². The first kappa shape index (κ1) is 12.5. The van der Waals surface area contributed by atoms with Gasteiger partial charge in [0.05, 0.1) is 0 Å². The number of fused-ring (bicyclic) bond motifs is 1. The molecule has 0 saturated carbocycles. The Balaban J connectivity index is 1.95. The molecule has 1 aliphatic rings. The van der Waals surface area contributed by atoms with Crippen molar-refractivity contribution in [3.8, 4) is 5.75 Å². The van der Waals surface area contributed by atoms with Crippen LogP contribution >= 0.6 is 15.9 Å². The predicted octanol–water partition coefficient (Wildman–Crippen LogP) is 4.22. The van der Waals surface area contributed by atoms with Gasteiger partial charge in [-0.25, -0.2) is 0 Å². The van der Waals surface area contributed by atoms with Crippen molar-refractivity contribution < 1.29 is 9.84 Å². The van der Waals surface area contributed by atoms with E-state index < -0.39 is 6.10 Å². The quantitative estimate of drug-likeness (QED) is 0.853. The van der Waals surface area contributed by atoms with Crippen molar-refractivity contribution in [1.29, 1.82) is 0 Å². The summed E-state index contributed by atoms with van der Waals surface area (Å²) in [7, 11) is 0. The summed E-state index contributed by atoms with van der Waals surface area (Å²) >= 11 is 3.40. The van der Waals surface area contributed by atoms with Gasteiger partial charge in [-0.15, -0.1) is 0 Å². The fourth-order valence-electron chi connectivity index (χ4n) is 2.10. The molecule has 3 rings (SSSR count). The Hall–Kier alpha value is -1.58. The van der Waals surface area contributed by atoms with Crippen molar-refractivity contribution in [3.63, 3.8) is 0 Å². The lowest BCUT2D eigenvalue weighted by Crippen LogP contribution is -1.96. The molecule has 2 aromatic rings. The van der Waals surface area contributed by atoms with E-state index in [1.807, 2.05) is 55.5 Å². The minimum Gasteiger partial charge on any atom is -0.458 e. The highest BCUT2D eigenvalue weighted by atomic mass is 79.9. The Labute approximate surface area is 120 Å². The molecule has 0 saturated heterocycles. The molecule has 1 unspecified atom stereocenters. The minimum absolute atomic E-state index is 0.567. The third kappa shape index (κ3) is 2.44. The van der Waals surface area contributed by atoms with E-state index in [9.17, 15) is 5.11 Å². The third-order valence-electron chi connectivity index (χ3n) is 3.15. The molecule has 0 aromatic heterocycles. The third-order valence-corrected chi connectivity index (χ3v) is 3.64. The second-order valence-corrected chi connectivity index (χ2v) is 5.56. The van der Waals surface area contributed by atoms with Crippen molar-refractivity contribution in [3.05, 3.63) is 69.4 Å². The van der Waals surface area contributed by atoms with E-state index in [4.69, 9.17) is 4.74 Å². The zero-order valence-corrected chi connectivity index (χ0v) is 12.0. The number of ether oxygens (including phenoxy) is 1. The minimum atomic E-state index is -0.700. The highest BCUT2D eigenvalue weighted by Gasteiger charge is 2.27. The number of benzene rings is 2. The summed E-state index contributed by atoms with van der Waals surface area (Å²) in [6.45, 7) is 2.05. The fourth-order valence-corrected chi connectivity index (χ4v) is 2.48. The maximum absolute atomic E-state index is 10.3. The van der Waals surface area contributed by atoms with Gasteiger partial charge in [-0.1, -0.05) is 45.8 Å². The Morgan fingerprint density at radius 2 is 1.89 bits per heavy atom. The van der Waals surface area contributed by atoms with E-state index in [1.54, 1.807) is 0 Å². The van der Waals surface area contributed by atoms with E-state index in [-0.39, 0.29) is 0 Å². The molecule has 0 radical (unpaired) electrons. The van der Waals surface area contributed by atoms with Crippen LogP contribution in [0.15, 0.2) is 52.7 Å². The molecule has 2 nitrogen and oxygen atoms in total. The van der Waals surface area contributed by atoms with Gasteiger partial charge in [0.25, 0.3) is 0 Å². The number of aliphatic hydroxyl groups excluding tert-OH is 1. The number of hydrogen-bond donors (Lipinski definition) is 1. The molecule has 1 N–H and O–H groups in total. The van der Waals surface area contributed by atoms with Gasteiger partial charge in [-0.05, 0) is 36.8 Å². The first-order valence-electron chi connectivity index (χ1n) is 6.07. The highest BCUT2D eigenvalue weighted by molar-refractivity contribution is 9.10. The van der Waals surface area contributed by atoms with Crippen LogP contribution in [-0.2, 0) is 0 Å². The van der Waals surface area contributed by atoms with Gasteiger partial charge in [-0.2, -0.15) is 0 Å². The summed E-state index contributed by atoms with van der Waals surface area (Å²) < 4.78 is 6.63. The van der Waals surface area contributed by atoms with Crippen molar-refractivity contribution in [1.82, 2.24) is 0 Å².